The Hall–Kier alpha value is -2.23. The molecule has 0 N–H and O–H groups in total. The van der Waals surface area contributed by atoms with Gasteiger partial charge in [0.25, 0.3) is 0 Å². The monoisotopic (exact) mass is 356 g/mol. The number of imidazole rings is 1. The van der Waals surface area contributed by atoms with Gasteiger partial charge < -0.3 is 8.98 Å². The van der Waals surface area contributed by atoms with Crippen LogP contribution in [0.3, 0.4) is 0 Å². The molecule has 0 aliphatic heterocycles. The second-order valence-electron chi connectivity index (χ2n) is 5.66. The zero-order valence-electron chi connectivity index (χ0n) is 13.0. The van der Waals surface area contributed by atoms with Crippen molar-refractivity contribution in [3.8, 4) is 11.6 Å². The molecular weight excluding hydrogens is 343 g/mol. The van der Waals surface area contributed by atoms with Crippen LogP contribution in [0.15, 0.2) is 59.0 Å². The molecule has 2 aromatic heterocycles. The highest BCUT2D eigenvalue weighted by Crippen LogP contribution is 2.29. The van der Waals surface area contributed by atoms with Gasteiger partial charge in [0, 0.05) is 10.0 Å². The number of furan rings is 1. The van der Waals surface area contributed by atoms with Crippen molar-refractivity contribution in [2.24, 2.45) is 0 Å². The van der Waals surface area contributed by atoms with E-state index in [0.717, 1.165) is 39.0 Å². The van der Waals surface area contributed by atoms with Crippen molar-refractivity contribution < 1.29 is 4.42 Å². The molecule has 0 fully saturated rings. The van der Waals surface area contributed by atoms with Gasteiger partial charge >= 0.3 is 0 Å². The summed E-state index contributed by atoms with van der Waals surface area (Å²) >= 11 is 12.5. The summed E-state index contributed by atoms with van der Waals surface area (Å²) in [7, 11) is 0. The summed E-state index contributed by atoms with van der Waals surface area (Å²) in [6, 6.07) is 17.4. The first-order valence-electron chi connectivity index (χ1n) is 7.58. The molecule has 0 unspecified atom stereocenters. The van der Waals surface area contributed by atoms with Crippen molar-refractivity contribution in [1.82, 2.24) is 9.55 Å². The summed E-state index contributed by atoms with van der Waals surface area (Å²) in [5.41, 5.74) is 2.85. The second kappa shape index (κ2) is 6.00. The molecule has 0 atom stereocenters. The maximum atomic E-state index is 6.34. The molecule has 3 nitrogen and oxygen atoms in total. The fourth-order valence-corrected chi connectivity index (χ4v) is 3.16. The lowest BCUT2D eigenvalue weighted by molar-refractivity contribution is 0.540. The molecular formula is C19H14Cl2N2O. The molecule has 0 aliphatic rings. The third kappa shape index (κ3) is 2.70. The van der Waals surface area contributed by atoms with Gasteiger partial charge in [-0.25, -0.2) is 4.98 Å². The van der Waals surface area contributed by atoms with Crippen molar-refractivity contribution in [2.45, 2.75) is 13.5 Å². The van der Waals surface area contributed by atoms with Gasteiger partial charge in [-0.2, -0.15) is 0 Å². The highest BCUT2D eigenvalue weighted by Gasteiger charge is 2.16. The molecule has 2 aromatic carbocycles. The third-order valence-electron chi connectivity index (χ3n) is 3.96. The van der Waals surface area contributed by atoms with Crippen LogP contribution < -0.4 is 0 Å². The number of aromatic nitrogens is 2. The molecule has 0 bridgehead atoms. The van der Waals surface area contributed by atoms with E-state index in [2.05, 4.69) is 4.57 Å². The number of rotatable bonds is 3. The lowest BCUT2D eigenvalue weighted by atomic mass is 10.2. The minimum atomic E-state index is 0.604. The summed E-state index contributed by atoms with van der Waals surface area (Å²) in [5.74, 6) is 2.34. The quantitative estimate of drug-likeness (QED) is 0.453. The summed E-state index contributed by atoms with van der Waals surface area (Å²) < 4.78 is 7.89. The van der Waals surface area contributed by atoms with Gasteiger partial charge in [-0.05, 0) is 48.9 Å². The van der Waals surface area contributed by atoms with Crippen molar-refractivity contribution in [1.29, 1.82) is 0 Å². The Morgan fingerprint density at radius 1 is 1.04 bits per heavy atom. The van der Waals surface area contributed by atoms with Gasteiger partial charge in [-0.3, -0.25) is 0 Å². The predicted octanol–water partition coefficient (Wildman–Crippen LogP) is 5.96. The van der Waals surface area contributed by atoms with Gasteiger partial charge in [-0.1, -0.05) is 41.4 Å². The summed E-state index contributed by atoms with van der Waals surface area (Å²) in [6.07, 6.45) is 0. The van der Waals surface area contributed by atoms with Crippen LogP contribution in [0.25, 0.3) is 22.6 Å². The van der Waals surface area contributed by atoms with Crippen LogP contribution >= 0.6 is 23.2 Å². The van der Waals surface area contributed by atoms with Crippen LogP contribution in [0.2, 0.25) is 10.0 Å². The number of fused-ring (bicyclic) bond motifs is 1. The SMILES string of the molecule is Cc1ccc(-c2nc3cc(Cl)ccc3n2Cc2ccccc2Cl)o1. The standard InChI is InChI=1S/C19H14Cl2N2O/c1-12-6-9-18(24-12)19-22-16-10-14(20)7-8-17(16)23(19)11-13-4-2-3-5-15(13)21/h2-10H,11H2,1H3. The van der Waals surface area contributed by atoms with E-state index >= 15 is 0 Å². The number of hydrogen-bond donors (Lipinski definition) is 0. The molecule has 5 heteroatoms. The first-order valence-corrected chi connectivity index (χ1v) is 8.33. The fourth-order valence-electron chi connectivity index (χ4n) is 2.80. The van der Waals surface area contributed by atoms with Gasteiger partial charge in [0.05, 0.1) is 17.6 Å². The lowest BCUT2D eigenvalue weighted by Gasteiger charge is -2.09. The van der Waals surface area contributed by atoms with E-state index in [1.165, 1.54) is 0 Å². The van der Waals surface area contributed by atoms with E-state index in [4.69, 9.17) is 32.6 Å². The highest BCUT2D eigenvalue weighted by atomic mass is 35.5. The zero-order chi connectivity index (χ0) is 16.7. The minimum absolute atomic E-state index is 0.604. The van der Waals surface area contributed by atoms with Crippen LogP contribution in [0.4, 0.5) is 0 Å². The molecule has 0 saturated carbocycles. The predicted molar refractivity (Wildman–Crippen MR) is 97.7 cm³/mol. The smallest absolute Gasteiger partial charge is 0.177 e. The first kappa shape index (κ1) is 15.3. The van der Waals surface area contributed by atoms with E-state index < -0.39 is 0 Å². The van der Waals surface area contributed by atoms with E-state index in [1.54, 1.807) is 0 Å². The Kier molecular flexibility index (Phi) is 3.83. The number of halogens is 2. The zero-order valence-corrected chi connectivity index (χ0v) is 14.5. The number of aryl methyl sites for hydroxylation is 1. The van der Waals surface area contributed by atoms with Gasteiger partial charge in [0.2, 0.25) is 0 Å². The van der Waals surface area contributed by atoms with E-state index in [1.807, 2.05) is 61.5 Å². The molecule has 0 aliphatic carbocycles. The molecule has 24 heavy (non-hydrogen) atoms. The van der Waals surface area contributed by atoms with Crippen molar-refractivity contribution in [3.05, 3.63) is 76.0 Å². The summed E-state index contributed by atoms with van der Waals surface area (Å²) in [4.78, 5) is 4.72. The first-order chi connectivity index (χ1) is 11.6. The summed E-state index contributed by atoms with van der Waals surface area (Å²) in [5, 5.41) is 1.39. The Morgan fingerprint density at radius 3 is 2.62 bits per heavy atom. The minimum Gasteiger partial charge on any atom is -0.458 e. The number of nitrogens with zero attached hydrogens (tertiary/aromatic N) is 2. The van der Waals surface area contributed by atoms with Gasteiger partial charge in [-0.15, -0.1) is 0 Å². The molecule has 0 radical (unpaired) electrons. The Labute approximate surface area is 149 Å². The van der Waals surface area contributed by atoms with Crippen molar-refractivity contribution >= 4 is 34.2 Å². The van der Waals surface area contributed by atoms with Gasteiger partial charge in [0.1, 0.15) is 5.76 Å². The topological polar surface area (TPSA) is 31.0 Å². The lowest BCUT2D eigenvalue weighted by Crippen LogP contribution is -2.02. The average molecular weight is 357 g/mol. The Balaban J connectivity index is 1.92. The van der Waals surface area contributed by atoms with E-state index in [9.17, 15) is 0 Å². The maximum absolute atomic E-state index is 6.34. The van der Waals surface area contributed by atoms with Crippen LogP contribution in [0.1, 0.15) is 11.3 Å². The number of benzene rings is 2. The molecule has 120 valence electrons. The molecule has 0 spiro atoms. The highest BCUT2D eigenvalue weighted by molar-refractivity contribution is 6.31. The van der Waals surface area contributed by atoms with Crippen LogP contribution in [0, 0.1) is 6.92 Å². The van der Waals surface area contributed by atoms with Crippen LogP contribution in [-0.2, 0) is 6.54 Å². The second-order valence-corrected chi connectivity index (χ2v) is 6.50. The third-order valence-corrected chi connectivity index (χ3v) is 4.56. The average Bonchev–Trinajstić information content (AvgIpc) is 3.13. The van der Waals surface area contributed by atoms with E-state index in [-0.39, 0.29) is 0 Å². The Morgan fingerprint density at radius 2 is 1.88 bits per heavy atom. The normalized spacial score (nSPS) is 11.3. The van der Waals surface area contributed by atoms with Crippen molar-refractivity contribution in [3.63, 3.8) is 0 Å². The Bertz CT molecular complexity index is 1030. The molecule has 2 heterocycles. The molecule has 4 aromatic rings. The fraction of sp³-hybridized carbons (Fsp3) is 0.105. The molecule has 4 rings (SSSR count). The largest absolute Gasteiger partial charge is 0.458 e. The van der Waals surface area contributed by atoms with E-state index in [0.29, 0.717) is 11.6 Å². The molecule has 0 saturated heterocycles. The van der Waals surface area contributed by atoms with Crippen molar-refractivity contribution in [2.75, 3.05) is 0 Å². The van der Waals surface area contributed by atoms with Crippen LogP contribution in [0.5, 0.6) is 0 Å². The van der Waals surface area contributed by atoms with Gasteiger partial charge in [0.15, 0.2) is 11.6 Å². The number of hydrogen-bond acceptors (Lipinski definition) is 2. The van der Waals surface area contributed by atoms with Crippen LogP contribution in [-0.4, -0.2) is 9.55 Å². The maximum Gasteiger partial charge on any atom is 0.177 e. The molecule has 0 amide bonds. The summed E-state index contributed by atoms with van der Waals surface area (Å²) in [6.45, 7) is 2.52.